The first-order valence-electron chi connectivity index (χ1n) is 6.10. The molecule has 0 radical (unpaired) electrons. The van der Waals surface area contributed by atoms with Crippen LogP contribution in [0, 0.1) is 5.82 Å². The van der Waals surface area contributed by atoms with Crippen LogP contribution in [-0.2, 0) is 13.2 Å². The highest BCUT2D eigenvalue weighted by Gasteiger charge is 2.10. The van der Waals surface area contributed by atoms with E-state index in [0.717, 1.165) is 5.56 Å². The van der Waals surface area contributed by atoms with E-state index in [1.165, 1.54) is 18.2 Å². The van der Waals surface area contributed by atoms with Crippen LogP contribution in [0.15, 0.2) is 36.4 Å². The standard InChI is InChI=1S/C15H14Cl2FNO/c1-19-8-10-3-2-4-14(17)15(10)20-9-11-7-12(18)5-6-13(11)16/h2-7,19H,8-9H2,1H3. The number of para-hydroxylation sites is 1. The van der Waals surface area contributed by atoms with E-state index in [1.807, 2.05) is 19.2 Å². The van der Waals surface area contributed by atoms with Crippen molar-refractivity contribution in [3.63, 3.8) is 0 Å². The Hall–Kier alpha value is -1.29. The van der Waals surface area contributed by atoms with Crippen molar-refractivity contribution in [1.29, 1.82) is 0 Å². The van der Waals surface area contributed by atoms with E-state index >= 15 is 0 Å². The summed E-state index contributed by atoms with van der Waals surface area (Å²) < 4.78 is 18.9. The van der Waals surface area contributed by atoms with Gasteiger partial charge in [-0.15, -0.1) is 0 Å². The van der Waals surface area contributed by atoms with Crippen molar-refractivity contribution in [2.45, 2.75) is 13.2 Å². The van der Waals surface area contributed by atoms with Crippen LogP contribution in [0.2, 0.25) is 10.0 Å². The third-order valence-electron chi connectivity index (χ3n) is 2.80. The molecular weight excluding hydrogens is 300 g/mol. The number of ether oxygens (including phenoxy) is 1. The molecule has 106 valence electrons. The highest BCUT2D eigenvalue weighted by atomic mass is 35.5. The van der Waals surface area contributed by atoms with Crippen molar-refractivity contribution in [2.75, 3.05) is 7.05 Å². The molecule has 0 amide bonds. The van der Waals surface area contributed by atoms with E-state index in [4.69, 9.17) is 27.9 Å². The second-order valence-electron chi connectivity index (χ2n) is 4.28. The Morgan fingerprint density at radius 2 is 1.90 bits per heavy atom. The Morgan fingerprint density at radius 1 is 1.10 bits per heavy atom. The molecule has 20 heavy (non-hydrogen) atoms. The van der Waals surface area contributed by atoms with Crippen molar-refractivity contribution < 1.29 is 9.13 Å². The minimum atomic E-state index is -0.345. The predicted molar refractivity (Wildman–Crippen MR) is 80.0 cm³/mol. The number of nitrogens with one attached hydrogen (secondary N) is 1. The molecular formula is C15H14Cl2FNO. The van der Waals surface area contributed by atoms with E-state index in [9.17, 15) is 4.39 Å². The van der Waals surface area contributed by atoms with Gasteiger partial charge in [-0.1, -0.05) is 35.3 Å². The fourth-order valence-corrected chi connectivity index (χ4v) is 2.27. The van der Waals surface area contributed by atoms with Crippen LogP contribution in [-0.4, -0.2) is 7.05 Å². The molecule has 0 aromatic heterocycles. The monoisotopic (exact) mass is 313 g/mol. The summed E-state index contributed by atoms with van der Waals surface area (Å²) in [4.78, 5) is 0. The second kappa shape index (κ2) is 6.93. The van der Waals surface area contributed by atoms with Gasteiger partial charge in [0.2, 0.25) is 0 Å². The van der Waals surface area contributed by atoms with E-state index < -0.39 is 0 Å². The van der Waals surface area contributed by atoms with Gasteiger partial charge in [0.25, 0.3) is 0 Å². The maximum Gasteiger partial charge on any atom is 0.142 e. The van der Waals surface area contributed by atoms with Crippen LogP contribution in [0.3, 0.4) is 0 Å². The summed E-state index contributed by atoms with van der Waals surface area (Å²) in [5.41, 5.74) is 1.52. The largest absolute Gasteiger partial charge is 0.487 e. The van der Waals surface area contributed by atoms with E-state index in [1.54, 1.807) is 6.07 Å². The maximum atomic E-state index is 13.2. The summed E-state index contributed by atoms with van der Waals surface area (Å²) in [6.07, 6.45) is 0. The van der Waals surface area contributed by atoms with Gasteiger partial charge < -0.3 is 10.1 Å². The first kappa shape index (κ1) is 15.1. The van der Waals surface area contributed by atoms with Gasteiger partial charge >= 0.3 is 0 Å². The van der Waals surface area contributed by atoms with Gasteiger partial charge in [0, 0.05) is 22.7 Å². The minimum Gasteiger partial charge on any atom is -0.487 e. The molecule has 0 aliphatic heterocycles. The molecule has 2 aromatic carbocycles. The molecule has 0 aliphatic rings. The van der Waals surface area contributed by atoms with Gasteiger partial charge in [0.05, 0.1) is 5.02 Å². The molecule has 0 bridgehead atoms. The number of benzene rings is 2. The third kappa shape index (κ3) is 3.63. The zero-order valence-electron chi connectivity index (χ0n) is 10.9. The van der Waals surface area contributed by atoms with Crippen molar-refractivity contribution in [1.82, 2.24) is 5.32 Å². The Balaban J connectivity index is 2.20. The summed E-state index contributed by atoms with van der Waals surface area (Å²) in [6.45, 7) is 0.795. The quantitative estimate of drug-likeness (QED) is 0.881. The lowest BCUT2D eigenvalue weighted by Gasteiger charge is -2.13. The fraction of sp³-hybridized carbons (Fsp3) is 0.200. The molecule has 0 atom stereocenters. The molecule has 1 N–H and O–H groups in total. The number of halogens is 3. The van der Waals surface area contributed by atoms with Crippen LogP contribution in [0.25, 0.3) is 0 Å². The Bertz CT molecular complexity index is 604. The first-order valence-corrected chi connectivity index (χ1v) is 6.86. The molecule has 2 rings (SSSR count). The van der Waals surface area contributed by atoms with Crippen molar-refractivity contribution in [3.8, 4) is 5.75 Å². The van der Waals surface area contributed by atoms with Crippen molar-refractivity contribution in [3.05, 3.63) is 63.4 Å². The van der Waals surface area contributed by atoms with E-state index in [0.29, 0.717) is 27.9 Å². The van der Waals surface area contributed by atoms with Gasteiger partial charge in [-0.3, -0.25) is 0 Å². The van der Waals surface area contributed by atoms with Crippen LogP contribution >= 0.6 is 23.2 Å². The average Bonchev–Trinajstić information content (AvgIpc) is 2.42. The molecule has 2 aromatic rings. The Kier molecular flexibility index (Phi) is 5.24. The highest BCUT2D eigenvalue weighted by molar-refractivity contribution is 6.32. The molecule has 0 saturated carbocycles. The van der Waals surface area contributed by atoms with Crippen LogP contribution in [0.5, 0.6) is 5.75 Å². The summed E-state index contributed by atoms with van der Waals surface area (Å²) in [5.74, 6) is 0.242. The topological polar surface area (TPSA) is 21.3 Å². The number of hydrogen-bond acceptors (Lipinski definition) is 2. The molecule has 5 heteroatoms. The molecule has 2 nitrogen and oxygen atoms in total. The number of rotatable bonds is 5. The summed E-state index contributed by atoms with van der Waals surface area (Å²) in [6, 6.07) is 9.71. The second-order valence-corrected chi connectivity index (χ2v) is 5.10. The first-order chi connectivity index (χ1) is 9.61. The van der Waals surface area contributed by atoms with Crippen LogP contribution in [0.1, 0.15) is 11.1 Å². The maximum absolute atomic E-state index is 13.2. The van der Waals surface area contributed by atoms with Gasteiger partial charge in [-0.25, -0.2) is 4.39 Å². The summed E-state index contributed by atoms with van der Waals surface area (Å²) in [7, 11) is 1.84. The minimum absolute atomic E-state index is 0.164. The molecule has 0 unspecified atom stereocenters. The molecule has 0 spiro atoms. The van der Waals surface area contributed by atoms with Gasteiger partial charge in [-0.2, -0.15) is 0 Å². The van der Waals surface area contributed by atoms with Crippen molar-refractivity contribution >= 4 is 23.2 Å². The summed E-state index contributed by atoms with van der Waals surface area (Å²) in [5, 5.41) is 4.03. The smallest absolute Gasteiger partial charge is 0.142 e. The Labute approximate surface area is 127 Å². The van der Waals surface area contributed by atoms with Crippen molar-refractivity contribution in [2.24, 2.45) is 0 Å². The van der Waals surface area contributed by atoms with Gasteiger partial charge in [-0.05, 0) is 31.3 Å². The normalized spacial score (nSPS) is 10.6. The lowest BCUT2D eigenvalue weighted by Crippen LogP contribution is -2.08. The average molecular weight is 314 g/mol. The predicted octanol–water partition coefficient (Wildman–Crippen LogP) is 4.43. The summed E-state index contributed by atoms with van der Waals surface area (Å²) >= 11 is 12.2. The molecule has 0 saturated heterocycles. The number of hydrogen-bond donors (Lipinski definition) is 1. The van der Waals surface area contributed by atoms with Crippen LogP contribution < -0.4 is 10.1 Å². The lowest BCUT2D eigenvalue weighted by molar-refractivity contribution is 0.302. The van der Waals surface area contributed by atoms with E-state index in [2.05, 4.69) is 5.32 Å². The lowest BCUT2D eigenvalue weighted by atomic mass is 10.2. The van der Waals surface area contributed by atoms with Gasteiger partial charge in [0.15, 0.2) is 0 Å². The zero-order valence-corrected chi connectivity index (χ0v) is 12.4. The molecule has 0 aliphatic carbocycles. The Morgan fingerprint density at radius 3 is 2.65 bits per heavy atom. The fourth-order valence-electron chi connectivity index (χ4n) is 1.85. The van der Waals surface area contributed by atoms with Crippen LogP contribution in [0.4, 0.5) is 4.39 Å². The SMILES string of the molecule is CNCc1cccc(Cl)c1OCc1cc(F)ccc1Cl. The third-order valence-corrected chi connectivity index (χ3v) is 3.46. The highest BCUT2D eigenvalue weighted by Crippen LogP contribution is 2.30. The van der Waals surface area contributed by atoms with Gasteiger partial charge in [0.1, 0.15) is 18.2 Å². The molecule has 0 heterocycles. The molecule has 0 fully saturated rings. The van der Waals surface area contributed by atoms with E-state index in [-0.39, 0.29) is 12.4 Å². The zero-order chi connectivity index (χ0) is 14.5.